The summed E-state index contributed by atoms with van der Waals surface area (Å²) in [5.74, 6) is 0.514. The van der Waals surface area contributed by atoms with Gasteiger partial charge in [-0.15, -0.1) is 0 Å². The Hall–Kier alpha value is -2.26. The Balaban J connectivity index is 1.51. The van der Waals surface area contributed by atoms with Crippen molar-refractivity contribution in [1.82, 2.24) is 0 Å². The summed E-state index contributed by atoms with van der Waals surface area (Å²) in [6, 6.07) is 21.6. The second-order valence-electron chi connectivity index (χ2n) is 8.74. The van der Waals surface area contributed by atoms with E-state index in [9.17, 15) is 4.79 Å². The zero-order valence-electron chi connectivity index (χ0n) is 18.1. The van der Waals surface area contributed by atoms with E-state index in [4.69, 9.17) is 5.73 Å². The number of aliphatic imine (C=N–C) groups is 1. The first-order valence-corrected chi connectivity index (χ1v) is 11.6. The number of benzene rings is 2. The fourth-order valence-electron chi connectivity index (χ4n) is 4.37. The van der Waals surface area contributed by atoms with Crippen LogP contribution in [0.2, 0.25) is 0 Å². The predicted octanol–water partition coefficient (Wildman–Crippen LogP) is 5.76. The molecule has 2 aromatic rings. The van der Waals surface area contributed by atoms with Gasteiger partial charge in [0.25, 0.3) is 0 Å². The highest BCUT2D eigenvalue weighted by Gasteiger charge is 2.24. The number of carbonyl (C=O) groups is 1. The molecule has 2 aromatic carbocycles. The molecule has 3 nitrogen and oxygen atoms in total. The molecule has 0 spiro atoms. The molecule has 0 unspecified atom stereocenters. The fraction of sp³-hybridized carbons (Fsp3) is 0.481. The van der Waals surface area contributed by atoms with Crippen LogP contribution in [0.25, 0.3) is 0 Å². The van der Waals surface area contributed by atoms with Crippen LogP contribution in [0.5, 0.6) is 0 Å². The minimum absolute atomic E-state index is 0.0676. The van der Waals surface area contributed by atoms with E-state index in [0.717, 1.165) is 64.2 Å². The lowest BCUT2D eigenvalue weighted by molar-refractivity contribution is -0.122. The molecule has 0 aromatic heterocycles. The SMILES string of the molecule is NC1CCC(C(=O)N=CC(CCCc2ccccc2)CCCc2ccccc2)CC1. The third-order valence-electron chi connectivity index (χ3n) is 6.30. The first kappa shape index (κ1) is 22.4. The van der Waals surface area contributed by atoms with Crippen molar-refractivity contribution in [3.63, 3.8) is 0 Å². The van der Waals surface area contributed by atoms with Gasteiger partial charge < -0.3 is 5.73 Å². The maximum absolute atomic E-state index is 12.6. The van der Waals surface area contributed by atoms with Gasteiger partial charge in [-0.2, -0.15) is 0 Å². The van der Waals surface area contributed by atoms with Gasteiger partial charge in [0.1, 0.15) is 0 Å². The summed E-state index contributed by atoms with van der Waals surface area (Å²) in [5, 5.41) is 0. The van der Waals surface area contributed by atoms with Crippen molar-refractivity contribution < 1.29 is 4.79 Å². The predicted molar refractivity (Wildman–Crippen MR) is 126 cm³/mol. The van der Waals surface area contributed by atoms with Crippen molar-refractivity contribution in [2.45, 2.75) is 70.3 Å². The minimum Gasteiger partial charge on any atom is -0.328 e. The molecule has 3 heteroatoms. The number of carbonyl (C=O) groups excluding carboxylic acids is 1. The van der Waals surface area contributed by atoms with Crippen molar-refractivity contribution in [1.29, 1.82) is 0 Å². The molecule has 0 bridgehead atoms. The smallest absolute Gasteiger partial charge is 0.248 e. The van der Waals surface area contributed by atoms with Crippen molar-refractivity contribution in [2.24, 2.45) is 22.6 Å². The van der Waals surface area contributed by atoms with E-state index in [0.29, 0.717) is 5.92 Å². The number of hydrogen-bond donors (Lipinski definition) is 1. The summed E-state index contributed by atoms with van der Waals surface area (Å²) in [6.45, 7) is 0. The maximum atomic E-state index is 12.6. The summed E-state index contributed by atoms with van der Waals surface area (Å²) >= 11 is 0. The summed E-state index contributed by atoms with van der Waals surface area (Å²) in [6.07, 6.45) is 12.2. The van der Waals surface area contributed by atoms with E-state index in [2.05, 4.69) is 65.7 Å². The van der Waals surface area contributed by atoms with Crippen LogP contribution in [-0.2, 0) is 17.6 Å². The maximum Gasteiger partial charge on any atom is 0.248 e. The van der Waals surface area contributed by atoms with Crippen molar-refractivity contribution >= 4 is 12.1 Å². The number of nitrogens with zero attached hydrogens (tertiary/aromatic N) is 1. The lowest BCUT2D eigenvalue weighted by Gasteiger charge is -2.23. The number of nitrogens with two attached hydrogens (primary N) is 1. The third kappa shape index (κ3) is 7.87. The molecule has 0 saturated heterocycles. The normalized spacial score (nSPS) is 19.4. The molecule has 0 aliphatic heterocycles. The Morgan fingerprint density at radius 1 is 0.867 bits per heavy atom. The van der Waals surface area contributed by atoms with Crippen LogP contribution >= 0.6 is 0 Å². The molecule has 0 atom stereocenters. The standard InChI is InChI=1S/C27H36N2O/c28-26-19-17-25(18-20-26)27(30)29-21-24(15-7-13-22-9-3-1-4-10-22)16-8-14-23-11-5-2-6-12-23/h1-6,9-12,21,24-26H,7-8,13-20,28H2. The molecule has 1 aliphatic rings. The van der Waals surface area contributed by atoms with Gasteiger partial charge in [0.05, 0.1) is 0 Å². The first-order chi connectivity index (χ1) is 14.7. The van der Waals surface area contributed by atoms with E-state index in [1.165, 1.54) is 11.1 Å². The van der Waals surface area contributed by atoms with Gasteiger partial charge in [0.15, 0.2) is 0 Å². The fourth-order valence-corrected chi connectivity index (χ4v) is 4.37. The molecular formula is C27H36N2O. The van der Waals surface area contributed by atoms with E-state index < -0.39 is 0 Å². The lowest BCUT2D eigenvalue weighted by Crippen LogP contribution is -2.29. The molecule has 30 heavy (non-hydrogen) atoms. The third-order valence-corrected chi connectivity index (χ3v) is 6.30. The van der Waals surface area contributed by atoms with Gasteiger partial charge in [0.2, 0.25) is 5.91 Å². The molecule has 1 saturated carbocycles. The number of hydrogen-bond acceptors (Lipinski definition) is 2. The molecule has 1 aliphatic carbocycles. The monoisotopic (exact) mass is 404 g/mol. The van der Waals surface area contributed by atoms with Gasteiger partial charge in [-0.1, -0.05) is 60.7 Å². The van der Waals surface area contributed by atoms with Crippen molar-refractivity contribution in [3.8, 4) is 0 Å². The van der Waals surface area contributed by atoms with Crippen molar-refractivity contribution in [2.75, 3.05) is 0 Å². The molecule has 1 amide bonds. The Labute approximate surface area is 181 Å². The van der Waals surface area contributed by atoms with Crippen LogP contribution in [0.15, 0.2) is 65.7 Å². The van der Waals surface area contributed by atoms with Crippen LogP contribution in [0.3, 0.4) is 0 Å². The number of rotatable bonds is 10. The molecule has 2 N–H and O–H groups in total. The Kier molecular flexibility index (Phi) is 9.30. The second-order valence-corrected chi connectivity index (χ2v) is 8.74. The summed E-state index contributed by atoms with van der Waals surface area (Å²) in [4.78, 5) is 17.0. The second kappa shape index (κ2) is 12.4. The summed E-state index contributed by atoms with van der Waals surface area (Å²) < 4.78 is 0. The Morgan fingerprint density at radius 3 is 1.87 bits per heavy atom. The van der Waals surface area contributed by atoms with Crippen LogP contribution < -0.4 is 5.73 Å². The van der Waals surface area contributed by atoms with Crippen molar-refractivity contribution in [3.05, 3.63) is 71.8 Å². The molecule has 0 radical (unpaired) electrons. The average Bonchev–Trinajstić information content (AvgIpc) is 2.79. The Bertz CT molecular complexity index is 718. The van der Waals surface area contributed by atoms with E-state index in [-0.39, 0.29) is 17.9 Å². The summed E-state index contributed by atoms with van der Waals surface area (Å²) in [7, 11) is 0. The lowest BCUT2D eigenvalue weighted by atomic mass is 9.86. The van der Waals surface area contributed by atoms with E-state index >= 15 is 0 Å². The topological polar surface area (TPSA) is 55.5 Å². The minimum atomic E-state index is 0.0676. The van der Waals surface area contributed by atoms with Crippen LogP contribution in [0.1, 0.15) is 62.5 Å². The molecule has 1 fully saturated rings. The molecule has 160 valence electrons. The quantitative estimate of drug-likeness (QED) is 0.512. The van der Waals surface area contributed by atoms with Crippen LogP contribution in [0.4, 0.5) is 0 Å². The van der Waals surface area contributed by atoms with Gasteiger partial charge in [-0.05, 0) is 81.3 Å². The van der Waals surface area contributed by atoms with Gasteiger partial charge in [-0.25, -0.2) is 4.99 Å². The van der Waals surface area contributed by atoms with Crippen LogP contribution in [0, 0.1) is 11.8 Å². The van der Waals surface area contributed by atoms with Gasteiger partial charge >= 0.3 is 0 Å². The number of amides is 1. The molecule has 3 rings (SSSR count). The highest BCUT2D eigenvalue weighted by atomic mass is 16.1. The largest absolute Gasteiger partial charge is 0.328 e. The number of aryl methyl sites for hydroxylation is 2. The van der Waals surface area contributed by atoms with Gasteiger partial charge in [0, 0.05) is 18.2 Å². The van der Waals surface area contributed by atoms with Gasteiger partial charge in [-0.3, -0.25) is 4.79 Å². The van der Waals surface area contributed by atoms with Crippen LogP contribution in [-0.4, -0.2) is 18.2 Å². The average molecular weight is 405 g/mol. The molecular weight excluding hydrogens is 368 g/mol. The van der Waals surface area contributed by atoms with E-state index in [1.807, 2.05) is 6.21 Å². The Morgan fingerprint density at radius 2 is 1.37 bits per heavy atom. The first-order valence-electron chi connectivity index (χ1n) is 11.6. The zero-order valence-corrected chi connectivity index (χ0v) is 18.1. The highest BCUT2D eigenvalue weighted by Crippen LogP contribution is 2.24. The zero-order chi connectivity index (χ0) is 21.0. The highest BCUT2D eigenvalue weighted by molar-refractivity contribution is 5.87. The summed E-state index contributed by atoms with van der Waals surface area (Å²) in [5.41, 5.74) is 8.74. The van der Waals surface area contributed by atoms with E-state index in [1.54, 1.807) is 0 Å². The molecule has 0 heterocycles.